The Bertz CT molecular complexity index is 1050. The molecule has 0 aliphatic heterocycles. The highest BCUT2D eigenvalue weighted by molar-refractivity contribution is 6.21. The van der Waals surface area contributed by atoms with E-state index < -0.39 is 40.6 Å². The number of aliphatic hydroxyl groups excluding tert-OH is 2. The average Bonchev–Trinajstić information content (AvgIpc) is 2.68. The number of phenols is 1. The first-order valence-corrected chi connectivity index (χ1v) is 10.8. The maximum Gasteiger partial charge on any atom is 0.255 e. The highest BCUT2D eigenvalue weighted by Crippen LogP contribution is 2.50. The predicted molar refractivity (Wildman–Crippen MR) is 113 cm³/mol. The van der Waals surface area contributed by atoms with E-state index in [0.29, 0.717) is 12.8 Å². The molecule has 1 saturated carbocycles. The molecule has 0 heterocycles. The summed E-state index contributed by atoms with van der Waals surface area (Å²) in [5.74, 6) is -4.92. The zero-order valence-electron chi connectivity index (χ0n) is 17.5. The average molecular weight is 425 g/mol. The van der Waals surface area contributed by atoms with Crippen LogP contribution < -0.4 is 5.73 Å². The molecule has 3 aliphatic carbocycles. The molecule has 7 heteroatoms. The van der Waals surface area contributed by atoms with Crippen molar-refractivity contribution in [2.75, 3.05) is 0 Å². The molecule has 1 amide bonds. The van der Waals surface area contributed by atoms with Crippen LogP contribution in [0.1, 0.15) is 55.7 Å². The summed E-state index contributed by atoms with van der Waals surface area (Å²) in [6, 6.07) is 3.41. The number of fused-ring (bicyclic) bond motifs is 3. The van der Waals surface area contributed by atoms with Gasteiger partial charge in [-0.3, -0.25) is 14.4 Å². The van der Waals surface area contributed by atoms with Crippen molar-refractivity contribution < 1.29 is 29.7 Å². The minimum Gasteiger partial charge on any atom is -0.511 e. The van der Waals surface area contributed by atoms with Crippen LogP contribution in [-0.2, 0) is 27.2 Å². The Morgan fingerprint density at radius 1 is 1.13 bits per heavy atom. The van der Waals surface area contributed by atoms with Crippen molar-refractivity contribution in [3.8, 4) is 5.75 Å². The molecular weight excluding hydrogens is 398 g/mol. The van der Waals surface area contributed by atoms with Gasteiger partial charge in [0.2, 0.25) is 0 Å². The van der Waals surface area contributed by atoms with Crippen molar-refractivity contribution in [1.82, 2.24) is 0 Å². The number of primary amides is 1. The molecule has 0 aromatic heterocycles. The molecule has 5 N–H and O–H groups in total. The highest BCUT2D eigenvalue weighted by Gasteiger charge is 2.50. The molecule has 1 aromatic carbocycles. The van der Waals surface area contributed by atoms with Crippen LogP contribution >= 0.6 is 0 Å². The third-order valence-electron chi connectivity index (χ3n) is 6.92. The fourth-order valence-corrected chi connectivity index (χ4v) is 5.51. The van der Waals surface area contributed by atoms with Gasteiger partial charge in [0.15, 0.2) is 11.6 Å². The van der Waals surface area contributed by atoms with E-state index >= 15 is 0 Å². The van der Waals surface area contributed by atoms with Gasteiger partial charge >= 0.3 is 0 Å². The molecule has 0 radical (unpaired) electrons. The number of benzene rings is 1. The van der Waals surface area contributed by atoms with Gasteiger partial charge in [0.25, 0.3) is 5.91 Å². The Labute approximate surface area is 180 Å². The van der Waals surface area contributed by atoms with E-state index in [1.807, 2.05) is 6.07 Å². The predicted octanol–water partition coefficient (Wildman–Crippen LogP) is 3.04. The monoisotopic (exact) mass is 425 g/mol. The van der Waals surface area contributed by atoms with Gasteiger partial charge in [0, 0.05) is 12.0 Å². The Morgan fingerprint density at radius 2 is 1.87 bits per heavy atom. The number of rotatable bonds is 5. The van der Waals surface area contributed by atoms with Crippen molar-refractivity contribution >= 4 is 23.2 Å². The molecule has 7 nitrogen and oxygen atoms in total. The molecule has 3 atom stereocenters. The second-order valence-corrected chi connectivity index (χ2v) is 8.81. The van der Waals surface area contributed by atoms with Crippen LogP contribution in [-0.4, -0.2) is 32.8 Å². The van der Waals surface area contributed by atoms with Crippen LogP contribution in [0.25, 0.3) is 5.76 Å². The third-order valence-corrected chi connectivity index (χ3v) is 6.92. The molecule has 31 heavy (non-hydrogen) atoms. The van der Waals surface area contributed by atoms with Crippen molar-refractivity contribution in [2.24, 2.45) is 23.5 Å². The number of phenolic OH excluding ortho intramolecular Hbond substituents is 1. The van der Waals surface area contributed by atoms with Crippen LogP contribution in [0.5, 0.6) is 5.75 Å². The number of Topliss-reactive ketones (excluding diaryl/α,β-unsaturated/α-hetero) is 2. The van der Waals surface area contributed by atoms with Gasteiger partial charge in [-0.15, -0.1) is 0 Å². The molecule has 0 saturated heterocycles. The number of hydrogen-bond donors (Lipinski definition) is 4. The standard InChI is InChI=1S/C24H27NO6/c1-2-3-4-5-11-6-7-15(26)19-14(11)9-12-8-13-10-16(27)20(24(25)31)23(30)18(13)21(28)17(12)22(19)29/h6-7,12-13,18,26,29-30H,2-5,8-10H2,1H3,(H2,25,31)/t12-,13+,18?/m1/s1. The van der Waals surface area contributed by atoms with Gasteiger partial charge in [-0.25, -0.2) is 0 Å². The van der Waals surface area contributed by atoms with E-state index in [1.54, 1.807) is 0 Å². The van der Waals surface area contributed by atoms with Crippen LogP contribution in [0, 0.1) is 17.8 Å². The zero-order valence-corrected chi connectivity index (χ0v) is 17.5. The Kier molecular flexibility index (Phi) is 5.37. The number of hydrogen-bond acceptors (Lipinski definition) is 6. The van der Waals surface area contributed by atoms with Gasteiger partial charge in [-0.2, -0.15) is 0 Å². The SMILES string of the molecule is CCCCCc1ccc(O)c2c1C[C@H]1C[C@H]3CC(=O)C(C(N)=O)=C(O)C3C(=O)C1=C2O. The lowest BCUT2D eigenvalue weighted by atomic mass is 9.61. The zero-order chi connectivity index (χ0) is 22.4. The lowest BCUT2D eigenvalue weighted by Crippen LogP contribution is -2.44. The van der Waals surface area contributed by atoms with Crippen LogP contribution in [0.3, 0.4) is 0 Å². The number of amides is 1. The summed E-state index contributed by atoms with van der Waals surface area (Å²) in [5.41, 5.74) is 7.03. The summed E-state index contributed by atoms with van der Waals surface area (Å²) in [4.78, 5) is 37.3. The highest BCUT2D eigenvalue weighted by atomic mass is 16.3. The van der Waals surface area contributed by atoms with Crippen molar-refractivity contribution in [2.45, 2.75) is 51.9 Å². The maximum atomic E-state index is 13.3. The Hall–Kier alpha value is -3.09. The number of nitrogens with two attached hydrogens (primary N) is 1. The van der Waals surface area contributed by atoms with Crippen LogP contribution in [0.4, 0.5) is 0 Å². The van der Waals surface area contributed by atoms with E-state index in [9.17, 15) is 29.7 Å². The van der Waals surface area contributed by atoms with E-state index in [2.05, 4.69) is 6.92 Å². The molecule has 0 spiro atoms. The van der Waals surface area contributed by atoms with Crippen LogP contribution in [0.15, 0.2) is 29.0 Å². The van der Waals surface area contributed by atoms with Crippen molar-refractivity contribution in [3.05, 3.63) is 45.7 Å². The molecule has 1 unspecified atom stereocenters. The minimum atomic E-state index is -1.08. The van der Waals surface area contributed by atoms with Gasteiger partial charge in [-0.05, 0) is 54.7 Å². The molecule has 3 aliphatic rings. The number of aryl methyl sites for hydroxylation is 1. The van der Waals surface area contributed by atoms with Gasteiger partial charge < -0.3 is 21.1 Å². The number of ketones is 2. The fourth-order valence-electron chi connectivity index (χ4n) is 5.51. The van der Waals surface area contributed by atoms with E-state index in [4.69, 9.17) is 5.73 Å². The largest absolute Gasteiger partial charge is 0.511 e. The number of unbranched alkanes of at least 4 members (excludes halogenated alkanes) is 2. The number of carbonyl (C=O) groups is 3. The first-order valence-electron chi connectivity index (χ1n) is 10.8. The molecule has 164 valence electrons. The van der Waals surface area contributed by atoms with Gasteiger partial charge in [-0.1, -0.05) is 25.8 Å². The lowest BCUT2D eigenvalue weighted by molar-refractivity contribution is -0.127. The maximum absolute atomic E-state index is 13.3. The van der Waals surface area contributed by atoms with Crippen LogP contribution in [0.2, 0.25) is 0 Å². The molecule has 0 bridgehead atoms. The first kappa shape index (κ1) is 21.2. The smallest absolute Gasteiger partial charge is 0.255 e. The second-order valence-electron chi connectivity index (χ2n) is 8.81. The first-order chi connectivity index (χ1) is 14.8. The summed E-state index contributed by atoms with van der Waals surface area (Å²) in [5, 5.41) is 32.1. The summed E-state index contributed by atoms with van der Waals surface area (Å²) in [7, 11) is 0. The quantitative estimate of drug-likeness (QED) is 0.423. The van der Waals surface area contributed by atoms with E-state index in [-0.39, 0.29) is 35.0 Å². The summed E-state index contributed by atoms with van der Waals surface area (Å²) in [6.45, 7) is 2.12. The lowest BCUT2D eigenvalue weighted by Gasteiger charge is -2.41. The topological polar surface area (TPSA) is 138 Å². The number of aromatic hydroxyl groups is 1. The van der Waals surface area contributed by atoms with Gasteiger partial charge in [0.05, 0.1) is 11.5 Å². The van der Waals surface area contributed by atoms with Gasteiger partial charge in [0.1, 0.15) is 22.8 Å². The molecular formula is C24H27NO6. The van der Waals surface area contributed by atoms with Crippen molar-refractivity contribution in [3.63, 3.8) is 0 Å². The second kappa shape index (κ2) is 7.87. The molecule has 4 rings (SSSR count). The number of carbonyl (C=O) groups excluding carboxylic acids is 3. The van der Waals surface area contributed by atoms with Crippen molar-refractivity contribution in [1.29, 1.82) is 0 Å². The van der Waals surface area contributed by atoms with E-state index in [0.717, 1.165) is 36.8 Å². The molecule has 1 fully saturated rings. The minimum absolute atomic E-state index is 0.0421. The Balaban J connectivity index is 1.80. The summed E-state index contributed by atoms with van der Waals surface area (Å²) in [6.07, 6.45) is 4.80. The number of allylic oxidation sites excluding steroid dienone is 2. The third kappa shape index (κ3) is 3.32. The number of aliphatic hydroxyl groups is 2. The van der Waals surface area contributed by atoms with E-state index in [1.165, 1.54) is 6.07 Å². The Morgan fingerprint density at radius 3 is 2.55 bits per heavy atom. The summed E-state index contributed by atoms with van der Waals surface area (Å²) >= 11 is 0. The fraction of sp³-hybridized carbons (Fsp3) is 0.458. The normalized spacial score (nSPS) is 25.3. The molecule has 1 aromatic rings. The summed E-state index contributed by atoms with van der Waals surface area (Å²) < 4.78 is 0.